The first-order chi connectivity index (χ1) is 20.0. The summed E-state index contributed by atoms with van der Waals surface area (Å²) < 4.78 is 24.3. The summed E-state index contributed by atoms with van der Waals surface area (Å²) in [4.78, 5) is 26.0. The molecule has 0 aliphatic carbocycles. The number of methoxy groups -OCH3 is 1. The van der Waals surface area contributed by atoms with E-state index in [4.69, 9.17) is 18.9 Å². The van der Waals surface area contributed by atoms with Crippen molar-refractivity contribution in [1.82, 2.24) is 4.90 Å². The number of hydrogen-bond donors (Lipinski definition) is 0. The Morgan fingerprint density at radius 3 is 2.02 bits per heavy atom. The number of carbonyl (C=O) groups is 2. The van der Waals surface area contributed by atoms with E-state index in [-0.39, 0.29) is 55.2 Å². The Bertz CT molecular complexity index is 843. The number of rotatable bonds is 23. The Balaban J connectivity index is 0.00000882. The van der Waals surface area contributed by atoms with Crippen LogP contribution in [0, 0.1) is 5.92 Å². The molecule has 242 valence electrons. The second-order valence-corrected chi connectivity index (χ2v) is 11.3. The van der Waals surface area contributed by atoms with Gasteiger partial charge in [0.1, 0.15) is 13.1 Å². The van der Waals surface area contributed by atoms with Gasteiger partial charge in [-0.05, 0) is 19.8 Å². The third kappa shape index (κ3) is 17.1. The molecule has 1 fully saturated rings. The van der Waals surface area contributed by atoms with Gasteiger partial charge in [0.2, 0.25) is 11.6 Å². The highest BCUT2D eigenvalue weighted by Gasteiger charge is 2.29. The standard InChI is InChI=1S/C33H57N2O6.HI/c1-4-34-22-18-17-21-31(34)26-35(29(2)36)33(37)41-28-30-25-32(40-27-30)39-24-20-16-14-12-10-8-6-5-7-9-11-13-15-19-23-38-3;/h17-18,21-22,30,32H,4-16,19-20,23-28H2,1-3H3;1H/q+1;/p-1. The monoisotopic (exact) mass is 704 g/mol. The molecule has 2 atom stereocenters. The SMILES string of the molecule is CC[n+]1ccccc1CN(C(C)=O)C(=O)OCC1COC(OCCCCCCCCCCCCCCCCOC)C1.[I-]. The van der Waals surface area contributed by atoms with Gasteiger partial charge in [-0.2, -0.15) is 0 Å². The Morgan fingerprint density at radius 2 is 1.48 bits per heavy atom. The molecule has 1 aromatic rings. The van der Waals surface area contributed by atoms with Gasteiger partial charge in [-0.25, -0.2) is 14.3 Å². The van der Waals surface area contributed by atoms with Crippen LogP contribution in [0.5, 0.6) is 0 Å². The van der Waals surface area contributed by atoms with E-state index in [0.29, 0.717) is 19.6 Å². The van der Waals surface area contributed by atoms with Crippen molar-refractivity contribution in [2.45, 2.75) is 130 Å². The van der Waals surface area contributed by atoms with Crippen molar-refractivity contribution in [2.75, 3.05) is 33.5 Å². The van der Waals surface area contributed by atoms with Crippen LogP contribution in [0.4, 0.5) is 4.79 Å². The molecule has 8 nitrogen and oxygen atoms in total. The van der Waals surface area contributed by atoms with Crippen LogP contribution in [0.2, 0.25) is 0 Å². The van der Waals surface area contributed by atoms with Crippen molar-refractivity contribution in [3.63, 3.8) is 0 Å². The molecular weight excluding hydrogens is 647 g/mol. The van der Waals surface area contributed by atoms with Crippen LogP contribution in [-0.2, 0) is 36.8 Å². The summed E-state index contributed by atoms with van der Waals surface area (Å²) in [5, 5.41) is 0. The molecule has 42 heavy (non-hydrogen) atoms. The van der Waals surface area contributed by atoms with Crippen LogP contribution in [0.1, 0.15) is 116 Å². The molecular formula is C33H57IN2O6. The van der Waals surface area contributed by atoms with E-state index in [1.165, 1.54) is 90.4 Å². The predicted molar refractivity (Wildman–Crippen MR) is 160 cm³/mol. The van der Waals surface area contributed by atoms with Crippen LogP contribution >= 0.6 is 0 Å². The summed E-state index contributed by atoms with van der Waals surface area (Å²) in [7, 11) is 1.78. The van der Waals surface area contributed by atoms with Crippen molar-refractivity contribution < 1.29 is 57.1 Å². The minimum atomic E-state index is -0.613. The first-order valence-electron chi connectivity index (χ1n) is 16.2. The quantitative estimate of drug-likeness (QED) is 0.0976. The molecule has 0 aromatic carbocycles. The Labute approximate surface area is 272 Å². The van der Waals surface area contributed by atoms with E-state index < -0.39 is 6.09 Å². The smallest absolute Gasteiger partial charge is 0.417 e. The minimum Gasteiger partial charge on any atom is -1.00 e. The van der Waals surface area contributed by atoms with Crippen molar-refractivity contribution in [1.29, 1.82) is 0 Å². The molecule has 1 aromatic heterocycles. The number of aryl methyl sites for hydroxylation is 1. The van der Waals surface area contributed by atoms with E-state index in [1.807, 2.05) is 35.9 Å². The van der Waals surface area contributed by atoms with Gasteiger partial charge in [-0.1, -0.05) is 83.1 Å². The van der Waals surface area contributed by atoms with Crippen LogP contribution in [0.25, 0.3) is 0 Å². The summed E-state index contributed by atoms with van der Waals surface area (Å²) in [6.45, 7) is 6.69. The zero-order valence-electron chi connectivity index (χ0n) is 26.5. The van der Waals surface area contributed by atoms with Crippen molar-refractivity contribution >= 4 is 12.0 Å². The van der Waals surface area contributed by atoms with Crippen molar-refractivity contribution in [3.05, 3.63) is 30.1 Å². The molecule has 0 saturated carbocycles. The third-order valence-electron chi connectivity index (χ3n) is 7.83. The second-order valence-electron chi connectivity index (χ2n) is 11.3. The molecule has 1 aliphatic heterocycles. The second kappa shape index (κ2) is 25.1. The van der Waals surface area contributed by atoms with Gasteiger partial charge in [0.15, 0.2) is 12.5 Å². The normalized spacial score (nSPS) is 16.3. The molecule has 1 saturated heterocycles. The summed E-state index contributed by atoms with van der Waals surface area (Å²) in [5.41, 5.74) is 0.880. The first kappa shape index (κ1) is 38.7. The summed E-state index contributed by atoms with van der Waals surface area (Å²) in [5.74, 6) is -0.253. The molecule has 0 spiro atoms. The van der Waals surface area contributed by atoms with Gasteiger partial charge in [0.25, 0.3) is 0 Å². The maximum atomic E-state index is 12.7. The van der Waals surface area contributed by atoms with Gasteiger partial charge >= 0.3 is 6.09 Å². The van der Waals surface area contributed by atoms with Gasteiger partial charge < -0.3 is 42.9 Å². The maximum absolute atomic E-state index is 12.7. The Morgan fingerprint density at radius 1 is 0.905 bits per heavy atom. The van der Waals surface area contributed by atoms with Crippen LogP contribution in [-0.4, -0.2) is 56.7 Å². The fraction of sp³-hybridized carbons (Fsp3) is 0.788. The number of pyridine rings is 1. The minimum absolute atomic E-state index is 0. The average Bonchev–Trinajstić information content (AvgIpc) is 3.44. The third-order valence-corrected chi connectivity index (χ3v) is 7.83. The molecule has 0 radical (unpaired) electrons. The molecule has 0 N–H and O–H groups in total. The maximum Gasteiger partial charge on any atom is 0.417 e. The Kier molecular flexibility index (Phi) is 23.1. The molecule has 2 amide bonds. The number of ether oxygens (including phenoxy) is 4. The van der Waals surface area contributed by atoms with E-state index in [9.17, 15) is 9.59 Å². The van der Waals surface area contributed by atoms with Crippen molar-refractivity contribution in [3.8, 4) is 0 Å². The molecule has 1 aliphatic rings. The number of hydrogen-bond acceptors (Lipinski definition) is 6. The van der Waals surface area contributed by atoms with Gasteiger partial charge in [-0.3, -0.25) is 4.79 Å². The van der Waals surface area contributed by atoms with Crippen LogP contribution in [0.3, 0.4) is 0 Å². The van der Waals surface area contributed by atoms with Crippen molar-refractivity contribution in [2.24, 2.45) is 5.92 Å². The van der Waals surface area contributed by atoms with Gasteiger partial charge in [0.05, 0.1) is 13.2 Å². The van der Waals surface area contributed by atoms with E-state index in [0.717, 1.165) is 30.2 Å². The fourth-order valence-corrected chi connectivity index (χ4v) is 5.27. The number of carbonyl (C=O) groups excluding carboxylic acids is 2. The highest BCUT2D eigenvalue weighted by atomic mass is 127. The predicted octanol–water partition coefficient (Wildman–Crippen LogP) is 3.97. The topological polar surface area (TPSA) is 78.2 Å². The molecule has 2 rings (SSSR count). The van der Waals surface area contributed by atoms with E-state index in [1.54, 1.807) is 7.11 Å². The lowest BCUT2D eigenvalue weighted by Crippen LogP contribution is -3.00. The number of imide groups is 1. The highest BCUT2D eigenvalue weighted by molar-refractivity contribution is 5.90. The number of halogens is 1. The van der Waals surface area contributed by atoms with Gasteiger partial charge in [0, 0.05) is 51.7 Å². The summed E-state index contributed by atoms with van der Waals surface area (Å²) >= 11 is 0. The molecule has 2 heterocycles. The van der Waals surface area contributed by atoms with Gasteiger partial charge in [-0.15, -0.1) is 0 Å². The first-order valence-corrected chi connectivity index (χ1v) is 16.2. The van der Waals surface area contributed by atoms with Crippen LogP contribution < -0.4 is 28.5 Å². The molecule has 9 heteroatoms. The summed E-state index contributed by atoms with van der Waals surface area (Å²) in [6, 6.07) is 5.75. The molecule has 2 unspecified atom stereocenters. The van der Waals surface area contributed by atoms with Crippen LogP contribution in [0.15, 0.2) is 24.4 Å². The average molecular weight is 705 g/mol. The molecule has 0 bridgehead atoms. The number of amides is 2. The number of nitrogens with zero attached hydrogens (tertiary/aromatic N) is 2. The largest absolute Gasteiger partial charge is 1.00 e. The zero-order valence-corrected chi connectivity index (χ0v) is 28.7. The number of unbranched alkanes of at least 4 members (excludes halogenated alkanes) is 13. The fourth-order valence-electron chi connectivity index (χ4n) is 5.27. The van der Waals surface area contributed by atoms with E-state index >= 15 is 0 Å². The highest BCUT2D eigenvalue weighted by Crippen LogP contribution is 2.22. The summed E-state index contributed by atoms with van der Waals surface area (Å²) in [6.07, 6.45) is 20.1. The number of aromatic nitrogens is 1. The lowest BCUT2D eigenvalue weighted by Gasteiger charge is -2.19. The zero-order chi connectivity index (χ0) is 29.5. The lowest BCUT2D eigenvalue weighted by atomic mass is 10.0. The lowest BCUT2D eigenvalue weighted by molar-refractivity contribution is -0.701. The van der Waals surface area contributed by atoms with E-state index in [2.05, 4.69) is 0 Å². The Hall–Kier alpha value is -1.30.